The second-order valence-corrected chi connectivity index (χ2v) is 6.98. The molecule has 6 nitrogen and oxygen atoms in total. The van der Waals surface area contributed by atoms with Crippen LogP contribution in [0.25, 0.3) is 11.3 Å². The van der Waals surface area contributed by atoms with Crippen molar-refractivity contribution in [3.05, 3.63) is 59.6 Å². The number of rotatable bonds is 4. The molecule has 1 aliphatic rings. The lowest BCUT2D eigenvalue weighted by Crippen LogP contribution is -2.34. The Morgan fingerprint density at radius 3 is 2.96 bits per heavy atom. The minimum atomic E-state index is 0.363. The molecule has 1 saturated heterocycles. The third-order valence-electron chi connectivity index (χ3n) is 4.85. The van der Waals surface area contributed by atoms with E-state index in [1.807, 2.05) is 44.6 Å². The molecular formula is C20H23N5O. The fourth-order valence-electron chi connectivity index (χ4n) is 3.65. The van der Waals surface area contributed by atoms with Crippen molar-refractivity contribution in [2.45, 2.75) is 39.2 Å². The summed E-state index contributed by atoms with van der Waals surface area (Å²) in [5.74, 6) is 1.91. The number of pyridine rings is 1. The van der Waals surface area contributed by atoms with Gasteiger partial charge < -0.3 is 4.52 Å². The van der Waals surface area contributed by atoms with Crippen LogP contribution in [0.5, 0.6) is 0 Å². The maximum atomic E-state index is 5.49. The maximum Gasteiger partial charge on any atom is 0.170 e. The summed E-state index contributed by atoms with van der Waals surface area (Å²) in [5, 5.41) is 4.02. The number of hydrogen-bond donors (Lipinski definition) is 0. The summed E-state index contributed by atoms with van der Waals surface area (Å²) < 4.78 is 5.49. The topological polar surface area (TPSA) is 67.9 Å². The molecule has 4 heterocycles. The van der Waals surface area contributed by atoms with Gasteiger partial charge >= 0.3 is 0 Å². The molecule has 0 bridgehead atoms. The highest BCUT2D eigenvalue weighted by Gasteiger charge is 2.26. The predicted molar refractivity (Wildman–Crippen MR) is 98.5 cm³/mol. The molecule has 0 aromatic carbocycles. The summed E-state index contributed by atoms with van der Waals surface area (Å²) in [6.07, 6.45) is 7.92. The number of aromatic nitrogens is 4. The van der Waals surface area contributed by atoms with Crippen LogP contribution < -0.4 is 0 Å². The van der Waals surface area contributed by atoms with Crippen molar-refractivity contribution < 1.29 is 4.52 Å². The molecule has 0 spiro atoms. The molecule has 0 radical (unpaired) electrons. The number of nitrogens with zero attached hydrogens (tertiary/aromatic N) is 5. The van der Waals surface area contributed by atoms with Crippen molar-refractivity contribution in [1.82, 2.24) is 25.0 Å². The standard InChI is InChI=1S/C20H23N5O/c1-14-9-19(26-24-14)18-11-22-15(2)23-20(18)17-6-4-8-25(13-17)12-16-5-3-7-21-10-16/h3,5,7,9-11,17H,4,6,8,12-13H2,1-2H3/t17-/m1/s1. The van der Waals surface area contributed by atoms with E-state index in [-0.39, 0.29) is 0 Å². The number of hydrogen-bond acceptors (Lipinski definition) is 6. The third kappa shape index (κ3) is 3.65. The van der Waals surface area contributed by atoms with Crippen LogP contribution in [-0.4, -0.2) is 38.1 Å². The second kappa shape index (κ2) is 7.33. The lowest BCUT2D eigenvalue weighted by atomic mass is 9.91. The van der Waals surface area contributed by atoms with E-state index in [1.165, 1.54) is 5.56 Å². The number of aryl methyl sites for hydroxylation is 2. The van der Waals surface area contributed by atoms with Gasteiger partial charge in [0.1, 0.15) is 5.82 Å². The highest BCUT2D eigenvalue weighted by atomic mass is 16.5. The van der Waals surface area contributed by atoms with Crippen molar-refractivity contribution in [2.24, 2.45) is 0 Å². The van der Waals surface area contributed by atoms with Gasteiger partial charge in [-0.2, -0.15) is 0 Å². The average Bonchev–Trinajstić information content (AvgIpc) is 3.09. The molecule has 4 rings (SSSR count). The van der Waals surface area contributed by atoms with Gasteiger partial charge in [0.15, 0.2) is 5.76 Å². The van der Waals surface area contributed by atoms with Crippen LogP contribution in [-0.2, 0) is 6.54 Å². The zero-order chi connectivity index (χ0) is 17.9. The summed E-state index contributed by atoms with van der Waals surface area (Å²) in [7, 11) is 0. The number of piperidine rings is 1. The highest BCUT2D eigenvalue weighted by molar-refractivity contribution is 5.60. The quantitative estimate of drug-likeness (QED) is 0.718. The Kier molecular flexibility index (Phi) is 4.75. The first kappa shape index (κ1) is 16.8. The minimum Gasteiger partial charge on any atom is -0.356 e. The van der Waals surface area contributed by atoms with E-state index in [9.17, 15) is 0 Å². The largest absolute Gasteiger partial charge is 0.356 e. The van der Waals surface area contributed by atoms with E-state index in [4.69, 9.17) is 9.51 Å². The number of likely N-dealkylation sites (tertiary alicyclic amines) is 1. The highest BCUT2D eigenvalue weighted by Crippen LogP contribution is 2.33. The summed E-state index contributed by atoms with van der Waals surface area (Å²) in [5.41, 5.74) is 4.15. The summed E-state index contributed by atoms with van der Waals surface area (Å²) >= 11 is 0. The summed E-state index contributed by atoms with van der Waals surface area (Å²) in [6.45, 7) is 6.87. The van der Waals surface area contributed by atoms with Crippen LogP contribution in [0.4, 0.5) is 0 Å². The molecule has 0 N–H and O–H groups in total. The van der Waals surface area contributed by atoms with Crippen LogP contribution >= 0.6 is 0 Å². The SMILES string of the molecule is Cc1cc(-c2cnc(C)nc2[C@@H]2CCCN(Cc3cccnc3)C2)on1. The van der Waals surface area contributed by atoms with Gasteiger partial charge in [-0.1, -0.05) is 11.2 Å². The Balaban J connectivity index is 1.59. The van der Waals surface area contributed by atoms with Crippen LogP contribution in [0, 0.1) is 13.8 Å². The first-order valence-corrected chi connectivity index (χ1v) is 9.07. The molecule has 134 valence electrons. The molecule has 26 heavy (non-hydrogen) atoms. The smallest absolute Gasteiger partial charge is 0.170 e. The maximum absolute atomic E-state index is 5.49. The van der Waals surface area contributed by atoms with Crippen molar-refractivity contribution >= 4 is 0 Å². The van der Waals surface area contributed by atoms with Crippen LogP contribution in [0.2, 0.25) is 0 Å². The molecule has 0 unspecified atom stereocenters. The van der Waals surface area contributed by atoms with E-state index >= 15 is 0 Å². The Bertz CT molecular complexity index is 877. The first-order valence-electron chi connectivity index (χ1n) is 9.07. The lowest BCUT2D eigenvalue weighted by molar-refractivity contribution is 0.198. The van der Waals surface area contributed by atoms with E-state index in [0.717, 1.165) is 61.0 Å². The molecule has 0 saturated carbocycles. The predicted octanol–water partition coefficient (Wildman–Crippen LogP) is 3.52. The third-order valence-corrected chi connectivity index (χ3v) is 4.85. The molecule has 1 fully saturated rings. The van der Waals surface area contributed by atoms with Gasteiger partial charge in [0.2, 0.25) is 0 Å². The fourth-order valence-corrected chi connectivity index (χ4v) is 3.65. The Morgan fingerprint density at radius 2 is 2.19 bits per heavy atom. The summed E-state index contributed by atoms with van der Waals surface area (Å²) in [4.78, 5) is 15.9. The zero-order valence-corrected chi connectivity index (χ0v) is 15.2. The van der Waals surface area contributed by atoms with Crippen molar-refractivity contribution in [2.75, 3.05) is 13.1 Å². The van der Waals surface area contributed by atoms with E-state index < -0.39 is 0 Å². The molecular weight excluding hydrogens is 326 g/mol. The molecule has 3 aromatic heterocycles. The Labute approximate surface area is 153 Å². The minimum absolute atomic E-state index is 0.363. The van der Waals surface area contributed by atoms with Crippen molar-refractivity contribution in [1.29, 1.82) is 0 Å². The van der Waals surface area contributed by atoms with Gasteiger partial charge in [-0.3, -0.25) is 9.88 Å². The van der Waals surface area contributed by atoms with E-state index in [0.29, 0.717) is 5.92 Å². The summed E-state index contributed by atoms with van der Waals surface area (Å²) in [6, 6.07) is 6.08. The van der Waals surface area contributed by atoms with Gasteiger partial charge in [-0.25, -0.2) is 9.97 Å². The molecule has 3 aromatic rings. The molecule has 0 amide bonds. The van der Waals surface area contributed by atoms with Gasteiger partial charge in [0, 0.05) is 43.7 Å². The van der Waals surface area contributed by atoms with Gasteiger partial charge in [0.05, 0.1) is 17.0 Å². The zero-order valence-electron chi connectivity index (χ0n) is 15.2. The van der Waals surface area contributed by atoms with Crippen LogP contribution in [0.15, 0.2) is 41.3 Å². The molecule has 1 atom stereocenters. The Hall–Kier alpha value is -2.60. The molecule has 0 aliphatic carbocycles. The van der Waals surface area contributed by atoms with E-state index in [1.54, 1.807) is 0 Å². The van der Waals surface area contributed by atoms with Crippen molar-refractivity contribution in [3.63, 3.8) is 0 Å². The Morgan fingerprint density at radius 1 is 1.27 bits per heavy atom. The van der Waals surface area contributed by atoms with E-state index in [2.05, 4.69) is 26.1 Å². The normalized spacial score (nSPS) is 18.2. The first-order chi connectivity index (χ1) is 12.7. The molecule has 6 heteroatoms. The second-order valence-electron chi connectivity index (χ2n) is 6.98. The average molecular weight is 349 g/mol. The van der Waals surface area contributed by atoms with Gasteiger partial charge in [-0.15, -0.1) is 0 Å². The van der Waals surface area contributed by atoms with Crippen LogP contribution in [0.1, 0.15) is 41.5 Å². The van der Waals surface area contributed by atoms with Crippen LogP contribution in [0.3, 0.4) is 0 Å². The van der Waals surface area contributed by atoms with Gasteiger partial charge in [0.25, 0.3) is 0 Å². The fraction of sp³-hybridized carbons (Fsp3) is 0.400. The monoisotopic (exact) mass is 349 g/mol. The molecule has 1 aliphatic heterocycles. The lowest BCUT2D eigenvalue weighted by Gasteiger charge is -2.33. The van der Waals surface area contributed by atoms with Crippen molar-refractivity contribution in [3.8, 4) is 11.3 Å². The van der Waals surface area contributed by atoms with Gasteiger partial charge in [-0.05, 0) is 44.9 Å².